The zero-order valence-corrected chi connectivity index (χ0v) is 14.1. The molecule has 1 nitrogen and oxygen atoms in total. The number of ether oxygens (including phenoxy) is 1. The van der Waals surface area contributed by atoms with Crippen molar-refractivity contribution in [3.8, 4) is 28.0 Å². The van der Waals surface area contributed by atoms with E-state index in [2.05, 4.69) is 6.92 Å². The highest BCUT2D eigenvalue weighted by Crippen LogP contribution is 2.28. The lowest BCUT2D eigenvalue weighted by atomic mass is 9.98. The monoisotopic (exact) mass is 338 g/mol. The molecule has 0 heterocycles. The highest BCUT2D eigenvalue weighted by atomic mass is 19.1. The lowest BCUT2D eigenvalue weighted by Crippen LogP contribution is -1.90. The summed E-state index contributed by atoms with van der Waals surface area (Å²) in [4.78, 5) is 0. The van der Waals surface area contributed by atoms with Crippen LogP contribution in [0.2, 0.25) is 0 Å². The number of hydrogen-bond acceptors (Lipinski definition) is 1. The van der Waals surface area contributed by atoms with E-state index in [-0.39, 0.29) is 5.82 Å². The Morgan fingerprint density at radius 3 is 1.96 bits per heavy atom. The first-order valence-corrected chi connectivity index (χ1v) is 8.39. The molecule has 3 rings (SSSR count). The molecule has 128 valence electrons. The molecule has 0 fully saturated rings. The molecule has 0 bridgehead atoms. The number of alkyl halides is 1. The average Bonchev–Trinajstić information content (AvgIpc) is 2.63. The number of benzene rings is 3. The van der Waals surface area contributed by atoms with Crippen LogP contribution in [0.3, 0.4) is 0 Å². The van der Waals surface area contributed by atoms with Crippen molar-refractivity contribution in [3.63, 3.8) is 0 Å². The van der Waals surface area contributed by atoms with Gasteiger partial charge in [0, 0.05) is 5.56 Å². The van der Waals surface area contributed by atoms with Crippen molar-refractivity contribution in [2.24, 2.45) is 0 Å². The van der Waals surface area contributed by atoms with Gasteiger partial charge >= 0.3 is 0 Å². The van der Waals surface area contributed by atoms with Crippen LogP contribution in [0, 0.1) is 5.82 Å². The van der Waals surface area contributed by atoms with Gasteiger partial charge in [0.05, 0.1) is 0 Å². The molecule has 3 aromatic rings. The van der Waals surface area contributed by atoms with E-state index < -0.39 is 6.86 Å². The van der Waals surface area contributed by atoms with Crippen LogP contribution in [0.15, 0.2) is 66.7 Å². The van der Waals surface area contributed by atoms with Crippen molar-refractivity contribution >= 4 is 0 Å². The summed E-state index contributed by atoms with van der Waals surface area (Å²) in [5.74, 6) is 0.309. The van der Waals surface area contributed by atoms with Gasteiger partial charge in [-0.3, -0.25) is 0 Å². The van der Waals surface area contributed by atoms with E-state index in [9.17, 15) is 8.78 Å². The zero-order chi connectivity index (χ0) is 17.6. The third kappa shape index (κ3) is 4.05. The molecule has 0 N–H and O–H groups in total. The molecular formula is C22H20F2O. The van der Waals surface area contributed by atoms with Gasteiger partial charge < -0.3 is 4.74 Å². The first-order chi connectivity index (χ1) is 12.2. The van der Waals surface area contributed by atoms with Crippen molar-refractivity contribution < 1.29 is 13.5 Å². The molecule has 0 unspecified atom stereocenters. The molecule has 0 aliphatic rings. The predicted molar refractivity (Wildman–Crippen MR) is 97.9 cm³/mol. The Hall–Kier alpha value is -2.68. The number of aryl methyl sites for hydroxylation is 1. The van der Waals surface area contributed by atoms with Crippen LogP contribution in [0.5, 0.6) is 5.75 Å². The van der Waals surface area contributed by atoms with Crippen LogP contribution in [0.1, 0.15) is 18.9 Å². The van der Waals surface area contributed by atoms with Crippen LogP contribution in [-0.4, -0.2) is 6.86 Å². The highest BCUT2D eigenvalue weighted by molar-refractivity contribution is 5.71. The molecule has 0 aliphatic carbocycles. The first-order valence-electron chi connectivity index (χ1n) is 8.39. The van der Waals surface area contributed by atoms with E-state index in [0.29, 0.717) is 11.3 Å². The fourth-order valence-corrected chi connectivity index (χ4v) is 2.89. The Bertz CT molecular complexity index is 824. The minimum atomic E-state index is -0.837. The first kappa shape index (κ1) is 17.2. The third-order valence-electron chi connectivity index (χ3n) is 4.18. The Balaban J connectivity index is 1.82. The molecule has 0 amide bonds. The SMILES string of the molecule is CCCc1ccc(-c2ccc(-c3ccc(OCF)cc3)cc2)c(F)c1. The fourth-order valence-electron chi connectivity index (χ4n) is 2.89. The minimum Gasteiger partial charge on any atom is -0.463 e. The summed E-state index contributed by atoms with van der Waals surface area (Å²) in [7, 11) is 0. The van der Waals surface area contributed by atoms with E-state index in [0.717, 1.165) is 35.1 Å². The van der Waals surface area contributed by atoms with E-state index >= 15 is 0 Å². The molecule has 0 aliphatic heterocycles. The molecule has 3 heteroatoms. The second kappa shape index (κ2) is 7.93. The normalized spacial score (nSPS) is 10.7. The maximum absolute atomic E-state index is 14.4. The van der Waals surface area contributed by atoms with E-state index in [1.165, 1.54) is 0 Å². The predicted octanol–water partition coefficient (Wildman–Crippen LogP) is 6.42. The van der Waals surface area contributed by atoms with Gasteiger partial charge in [-0.05, 0) is 46.9 Å². The Labute approximate surface area is 146 Å². The zero-order valence-electron chi connectivity index (χ0n) is 14.1. The Morgan fingerprint density at radius 1 is 0.800 bits per heavy atom. The highest BCUT2D eigenvalue weighted by Gasteiger charge is 2.07. The molecular weight excluding hydrogens is 318 g/mol. The Morgan fingerprint density at radius 2 is 1.40 bits per heavy atom. The molecule has 0 saturated heterocycles. The maximum atomic E-state index is 14.4. The van der Waals surface area contributed by atoms with Crippen molar-refractivity contribution in [2.75, 3.05) is 6.86 Å². The van der Waals surface area contributed by atoms with Gasteiger partial charge in [-0.25, -0.2) is 8.78 Å². The van der Waals surface area contributed by atoms with E-state index in [4.69, 9.17) is 4.74 Å². The van der Waals surface area contributed by atoms with Gasteiger partial charge in [-0.15, -0.1) is 0 Å². The van der Waals surface area contributed by atoms with E-state index in [1.54, 1.807) is 18.2 Å². The van der Waals surface area contributed by atoms with Gasteiger partial charge in [0.2, 0.25) is 6.86 Å². The van der Waals surface area contributed by atoms with Crippen molar-refractivity contribution in [1.82, 2.24) is 0 Å². The lowest BCUT2D eigenvalue weighted by Gasteiger charge is -2.08. The second-order valence-electron chi connectivity index (χ2n) is 5.92. The number of halogens is 2. The van der Waals surface area contributed by atoms with E-state index in [1.807, 2.05) is 48.5 Å². The largest absolute Gasteiger partial charge is 0.463 e. The standard InChI is InChI=1S/C22H20F2O/c1-2-3-16-4-13-21(22(24)14-16)19-7-5-17(6-8-19)18-9-11-20(12-10-18)25-15-23/h4-14H,2-3,15H2,1H3. The summed E-state index contributed by atoms with van der Waals surface area (Å²) in [6.45, 7) is 1.25. The second-order valence-corrected chi connectivity index (χ2v) is 5.92. The summed E-state index contributed by atoms with van der Waals surface area (Å²) in [6, 6.07) is 20.4. The summed E-state index contributed by atoms with van der Waals surface area (Å²) in [6.07, 6.45) is 1.89. The van der Waals surface area contributed by atoms with Gasteiger partial charge in [0.1, 0.15) is 11.6 Å². The lowest BCUT2D eigenvalue weighted by molar-refractivity contribution is 0.192. The Kier molecular flexibility index (Phi) is 5.44. The summed E-state index contributed by atoms with van der Waals surface area (Å²) in [5, 5.41) is 0. The molecule has 25 heavy (non-hydrogen) atoms. The summed E-state index contributed by atoms with van der Waals surface area (Å²) >= 11 is 0. The third-order valence-corrected chi connectivity index (χ3v) is 4.18. The minimum absolute atomic E-state index is 0.188. The fraction of sp³-hybridized carbons (Fsp3) is 0.182. The van der Waals surface area contributed by atoms with Crippen LogP contribution in [-0.2, 0) is 6.42 Å². The average molecular weight is 338 g/mol. The molecule has 0 aromatic heterocycles. The number of rotatable bonds is 6. The molecule has 0 radical (unpaired) electrons. The molecule has 0 atom stereocenters. The summed E-state index contributed by atoms with van der Waals surface area (Å²) in [5.41, 5.74) is 4.49. The van der Waals surface area contributed by atoms with Gasteiger partial charge in [0.25, 0.3) is 0 Å². The van der Waals surface area contributed by atoms with Crippen LogP contribution >= 0.6 is 0 Å². The van der Waals surface area contributed by atoms with Crippen LogP contribution < -0.4 is 4.74 Å². The van der Waals surface area contributed by atoms with Crippen molar-refractivity contribution in [2.45, 2.75) is 19.8 Å². The van der Waals surface area contributed by atoms with Gasteiger partial charge in [0.15, 0.2) is 0 Å². The quantitative estimate of drug-likeness (QED) is 0.504. The molecule has 3 aromatic carbocycles. The van der Waals surface area contributed by atoms with Crippen LogP contribution in [0.25, 0.3) is 22.3 Å². The smallest absolute Gasteiger partial charge is 0.228 e. The van der Waals surface area contributed by atoms with Crippen molar-refractivity contribution in [1.29, 1.82) is 0 Å². The van der Waals surface area contributed by atoms with Gasteiger partial charge in [-0.2, -0.15) is 0 Å². The maximum Gasteiger partial charge on any atom is 0.228 e. The molecule has 0 spiro atoms. The van der Waals surface area contributed by atoms with Crippen molar-refractivity contribution in [3.05, 3.63) is 78.1 Å². The summed E-state index contributed by atoms with van der Waals surface area (Å²) < 4.78 is 31.3. The van der Waals surface area contributed by atoms with Gasteiger partial charge in [-0.1, -0.05) is 61.9 Å². The topological polar surface area (TPSA) is 9.23 Å². The molecule has 0 saturated carbocycles. The van der Waals surface area contributed by atoms with Crippen LogP contribution in [0.4, 0.5) is 8.78 Å². The number of hydrogen-bond donors (Lipinski definition) is 0.